The zero-order valence-electron chi connectivity index (χ0n) is 10.8. The lowest BCUT2D eigenvalue weighted by Crippen LogP contribution is -2.20. The maximum absolute atomic E-state index is 12.0. The predicted molar refractivity (Wildman–Crippen MR) is 90.2 cm³/mol. The van der Waals surface area contributed by atoms with Gasteiger partial charge in [0.15, 0.2) is 10.8 Å². The number of rotatable bonds is 3. The number of aromatic nitrogens is 1. The van der Waals surface area contributed by atoms with Gasteiger partial charge in [-0.15, -0.1) is 0 Å². The topological polar surface area (TPSA) is 80.4 Å². The van der Waals surface area contributed by atoms with Crippen LogP contribution in [0.2, 0.25) is 20.2 Å². The van der Waals surface area contributed by atoms with Crippen LogP contribution in [0, 0.1) is 0 Å². The van der Waals surface area contributed by atoms with Crippen molar-refractivity contribution >= 4 is 64.2 Å². The summed E-state index contributed by atoms with van der Waals surface area (Å²) in [6, 6.07) is 6.87. The molecule has 0 radical (unpaired) electrons. The van der Waals surface area contributed by atoms with Crippen molar-refractivity contribution in [1.82, 2.24) is 10.4 Å². The van der Waals surface area contributed by atoms with Crippen LogP contribution in [0.5, 0.6) is 0 Å². The summed E-state index contributed by atoms with van der Waals surface area (Å²) in [4.78, 5) is 15.8. The number of nitrogens with two attached hydrogens (primary N) is 1. The van der Waals surface area contributed by atoms with Gasteiger partial charge in [0.1, 0.15) is 5.02 Å². The normalized spacial score (nSPS) is 10.9. The molecule has 0 aliphatic carbocycles. The van der Waals surface area contributed by atoms with E-state index in [9.17, 15) is 4.79 Å². The second kappa shape index (κ2) is 7.15. The Hall–Kier alpha value is -1.53. The van der Waals surface area contributed by atoms with Crippen molar-refractivity contribution in [3.63, 3.8) is 0 Å². The molecule has 5 nitrogen and oxygen atoms in total. The lowest BCUT2D eigenvalue weighted by molar-refractivity contribution is 0.0950. The number of nitrogens with zero attached hydrogens (tertiary/aromatic N) is 2. The summed E-state index contributed by atoms with van der Waals surface area (Å²) >= 11 is 23.2. The molecule has 0 atom stereocenters. The molecule has 0 fully saturated rings. The van der Waals surface area contributed by atoms with Crippen molar-refractivity contribution in [3.05, 3.63) is 55.7 Å². The minimum absolute atomic E-state index is 0.00659. The highest BCUT2D eigenvalue weighted by Gasteiger charge is 2.19. The monoisotopic (exact) mass is 376 g/mol. The van der Waals surface area contributed by atoms with Gasteiger partial charge in [-0.25, -0.2) is 10.4 Å². The molecular weight excluding hydrogens is 370 g/mol. The van der Waals surface area contributed by atoms with E-state index in [-0.39, 0.29) is 26.6 Å². The van der Waals surface area contributed by atoms with Gasteiger partial charge in [-0.1, -0.05) is 58.5 Å². The van der Waals surface area contributed by atoms with Gasteiger partial charge in [0.2, 0.25) is 0 Å². The molecule has 0 saturated carbocycles. The third-order valence-electron chi connectivity index (χ3n) is 2.54. The van der Waals surface area contributed by atoms with Gasteiger partial charge in [0.25, 0.3) is 5.91 Å². The molecule has 0 aliphatic heterocycles. The minimum atomic E-state index is -0.666. The summed E-state index contributed by atoms with van der Waals surface area (Å²) in [5, 5.41) is 4.18. The fourth-order valence-corrected chi connectivity index (χ4v) is 2.17. The van der Waals surface area contributed by atoms with Crippen LogP contribution in [-0.2, 0) is 0 Å². The van der Waals surface area contributed by atoms with Gasteiger partial charge in [0, 0.05) is 5.02 Å². The molecule has 3 N–H and O–H groups in total. The summed E-state index contributed by atoms with van der Waals surface area (Å²) in [6.07, 6.45) is 1.43. The van der Waals surface area contributed by atoms with E-state index in [0.29, 0.717) is 5.02 Å². The standard InChI is InChI=1S/C13H8Cl4N4O/c14-7-3-1-6(2-4-7)5-19-21-13(22)11-8(15)10(18)9(16)12(17)20-11/h1-5H,(H2,18,20)(H,21,22)/b19-5-. The number of pyridine rings is 1. The molecule has 9 heteroatoms. The Bertz CT molecular complexity index is 747. The van der Waals surface area contributed by atoms with E-state index in [1.807, 2.05) is 0 Å². The molecule has 0 bridgehead atoms. The molecule has 0 saturated heterocycles. The largest absolute Gasteiger partial charge is 0.396 e. The van der Waals surface area contributed by atoms with E-state index >= 15 is 0 Å². The average Bonchev–Trinajstić information content (AvgIpc) is 2.50. The number of carbonyl (C=O) groups is 1. The molecule has 114 valence electrons. The SMILES string of the molecule is Nc1c(Cl)c(Cl)nc(C(=O)N/N=C\c2ccc(Cl)cc2)c1Cl. The van der Waals surface area contributed by atoms with Crippen LogP contribution in [0.15, 0.2) is 29.4 Å². The molecule has 1 aromatic carbocycles. The number of carbonyl (C=O) groups excluding carboxylic acids is 1. The third-order valence-corrected chi connectivity index (χ3v) is 3.92. The minimum Gasteiger partial charge on any atom is -0.396 e. The van der Waals surface area contributed by atoms with Crippen LogP contribution in [0.4, 0.5) is 5.69 Å². The number of halogens is 4. The summed E-state index contributed by atoms with van der Waals surface area (Å²) in [5.41, 5.74) is 8.47. The molecule has 1 aromatic heterocycles. The van der Waals surface area contributed by atoms with Crippen molar-refractivity contribution in [2.24, 2.45) is 5.10 Å². The fourth-order valence-electron chi connectivity index (χ4n) is 1.45. The predicted octanol–water partition coefficient (Wildman–Crippen LogP) is 4.04. The third kappa shape index (κ3) is 3.81. The molecule has 22 heavy (non-hydrogen) atoms. The van der Waals surface area contributed by atoms with Gasteiger partial charge in [-0.2, -0.15) is 5.10 Å². The van der Waals surface area contributed by atoms with Crippen LogP contribution in [-0.4, -0.2) is 17.1 Å². The smallest absolute Gasteiger partial charge is 0.291 e. The Kier molecular flexibility index (Phi) is 5.47. The Labute approximate surface area is 146 Å². The van der Waals surface area contributed by atoms with E-state index in [2.05, 4.69) is 15.5 Å². The van der Waals surface area contributed by atoms with Crippen molar-refractivity contribution in [2.45, 2.75) is 0 Å². The Balaban J connectivity index is 2.15. The van der Waals surface area contributed by atoms with Crippen molar-refractivity contribution in [1.29, 1.82) is 0 Å². The first kappa shape index (κ1) is 16.8. The summed E-state index contributed by atoms with van der Waals surface area (Å²) < 4.78 is 0. The molecule has 1 heterocycles. The van der Waals surface area contributed by atoms with Gasteiger partial charge in [-0.05, 0) is 17.7 Å². The maximum atomic E-state index is 12.0. The second-order valence-corrected chi connectivity index (χ2v) is 5.59. The van der Waals surface area contributed by atoms with E-state index in [1.165, 1.54) is 6.21 Å². The van der Waals surface area contributed by atoms with Crippen LogP contribution < -0.4 is 11.2 Å². The van der Waals surface area contributed by atoms with Gasteiger partial charge in [0.05, 0.1) is 16.9 Å². The molecular formula is C13H8Cl4N4O. The molecule has 0 aliphatic rings. The number of benzene rings is 1. The molecule has 2 rings (SSSR count). The molecule has 2 aromatic rings. The first-order valence-corrected chi connectivity index (χ1v) is 7.30. The molecule has 0 spiro atoms. The number of amides is 1. The average molecular weight is 378 g/mol. The Morgan fingerprint density at radius 1 is 1.14 bits per heavy atom. The lowest BCUT2D eigenvalue weighted by atomic mass is 10.2. The zero-order chi connectivity index (χ0) is 16.3. The first-order valence-electron chi connectivity index (χ1n) is 5.79. The lowest BCUT2D eigenvalue weighted by Gasteiger charge is -2.07. The highest BCUT2D eigenvalue weighted by Crippen LogP contribution is 2.34. The molecule has 1 amide bonds. The van der Waals surface area contributed by atoms with Gasteiger partial charge in [-0.3, -0.25) is 4.79 Å². The number of anilines is 1. The number of nitrogen functional groups attached to an aromatic ring is 1. The number of hydrogen-bond donors (Lipinski definition) is 2. The highest BCUT2D eigenvalue weighted by molar-refractivity contribution is 6.46. The van der Waals surface area contributed by atoms with Crippen molar-refractivity contribution < 1.29 is 4.79 Å². The van der Waals surface area contributed by atoms with Crippen molar-refractivity contribution in [3.8, 4) is 0 Å². The van der Waals surface area contributed by atoms with E-state index in [1.54, 1.807) is 24.3 Å². The van der Waals surface area contributed by atoms with E-state index < -0.39 is 5.91 Å². The quantitative estimate of drug-likeness (QED) is 0.481. The summed E-state index contributed by atoms with van der Waals surface area (Å²) in [6.45, 7) is 0. The van der Waals surface area contributed by atoms with Gasteiger partial charge < -0.3 is 5.73 Å². The van der Waals surface area contributed by atoms with E-state index in [4.69, 9.17) is 52.1 Å². The second-order valence-electron chi connectivity index (χ2n) is 4.04. The number of hydrazone groups is 1. The highest BCUT2D eigenvalue weighted by atomic mass is 35.5. The van der Waals surface area contributed by atoms with Crippen LogP contribution in [0.3, 0.4) is 0 Å². The molecule has 0 unspecified atom stereocenters. The van der Waals surface area contributed by atoms with Crippen LogP contribution in [0.25, 0.3) is 0 Å². The van der Waals surface area contributed by atoms with Crippen LogP contribution in [0.1, 0.15) is 16.1 Å². The summed E-state index contributed by atoms with van der Waals surface area (Å²) in [5.74, 6) is -0.666. The number of hydrogen-bond acceptors (Lipinski definition) is 4. The Morgan fingerprint density at radius 3 is 2.41 bits per heavy atom. The fraction of sp³-hybridized carbons (Fsp3) is 0. The zero-order valence-corrected chi connectivity index (χ0v) is 13.8. The number of nitrogens with one attached hydrogen (secondary N) is 1. The van der Waals surface area contributed by atoms with Crippen molar-refractivity contribution in [2.75, 3.05) is 5.73 Å². The Morgan fingerprint density at radius 2 is 1.77 bits per heavy atom. The van der Waals surface area contributed by atoms with Crippen LogP contribution >= 0.6 is 46.4 Å². The first-order chi connectivity index (χ1) is 10.4. The summed E-state index contributed by atoms with van der Waals surface area (Å²) in [7, 11) is 0. The van der Waals surface area contributed by atoms with E-state index in [0.717, 1.165) is 5.56 Å². The van der Waals surface area contributed by atoms with Gasteiger partial charge >= 0.3 is 0 Å². The maximum Gasteiger partial charge on any atom is 0.291 e.